The van der Waals surface area contributed by atoms with Gasteiger partial charge in [-0.05, 0) is 25.0 Å². The molecule has 0 radical (unpaired) electrons. The number of primary amides is 1. The fourth-order valence-corrected chi connectivity index (χ4v) is 3.73. The molecule has 0 unspecified atom stereocenters. The SMILES string of the molecule is NC(=O)[C@H]1CCCN(C(=O)C[NH+]2CCN(C(=O)c3ccccc3)CC2)C1. The summed E-state index contributed by atoms with van der Waals surface area (Å²) in [5.74, 6) is -0.406. The van der Waals surface area contributed by atoms with E-state index in [1.165, 1.54) is 4.90 Å². The number of carbonyl (C=O) groups excluding carboxylic acids is 3. The number of piperidine rings is 1. The fraction of sp³-hybridized carbons (Fsp3) is 0.526. The van der Waals surface area contributed by atoms with E-state index >= 15 is 0 Å². The molecule has 1 aromatic carbocycles. The molecule has 0 bridgehead atoms. The molecule has 3 N–H and O–H groups in total. The summed E-state index contributed by atoms with van der Waals surface area (Å²) in [5, 5.41) is 0. The highest BCUT2D eigenvalue weighted by atomic mass is 16.2. The van der Waals surface area contributed by atoms with E-state index in [1.54, 1.807) is 4.90 Å². The van der Waals surface area contributed by atoms with Crippen molar-refractivity contribution in [3.05, 3.63) is 35.9 Å². The molecule has 0 spiro atoms. The lowest BCUT2D eigenvalue weighted by atomic mass is 9.97. The van der Waals surface area contributed by atoms with E-state index in [2.05, 4.69) is 0 Å². The van der Waals surface area contributed by atoms with Gasteiger partial charge >= 0.3 is 0 Å². The van der Waals surface area contributed by atoms with Crippen LogP contribution in [0.3, 0.4) is 0 Å². The number of nitrogens with zero attached hydrogens (tertiary/aromatic N) is 2. The summed E-state index contributed by atoms with van der Waals surface area (Å²) in [4.78, 5) is 41.2. The number of nitrogens with one attached hydrogen (secondary N) is 1. The third kappa shape index (κ3) is 4.40. The van der Waals surface area contributed by atoms with Crippen LogP contribution in [0.2, 0.25) is 0 Å². The summed E-state index contributed by atoms with van der Waals surface area (Å²) < 4.78 is 0. The zero-order chi connectivity index (χ0) is 18.5. The molecule has 2 heterocycles. The Kier molecular flexibility index (Phi) is 5.88. The Bertz CT molecular complexity index is 656. The van der Waals surface area contributed by atoms with Crippen LogP contribution in [0.4, 0.5) is 0 Å². The van der Waals surface area contributed by atoms with Gasteiger partial charge < -0.3 is 20.4 Å². The minimum absolute atomic E-state index is 0.0521. The topological polar surface area (TPSA) is 88.2 Å². The van der Waals surface area contributed by atoms with Crippen molar-refractivity contribution in [2.45, 2.75) is 12.8 Å². The second kappa shape index (κ2) is 8.31. The molecule has 0 aromatic heterocycles. The molecule has 3 amide bonds. The Morgan fingerprint density at radius 1 is 1.04 bits per heavy atom. The molecule has 7 nitrogen and oxygen atoms in total. The minimum Gasteiger partial charge on any atom is -0.369 e. The first-order valence-corrected chi connectivity index (χ1v) is 9.29. The number of amides is 3. The number of hydrogen-bond donors (Lipinski definition) is 2. The van der Waals surface area contributed by atoms with Gasteiger partial charge in [-0.1, -0.05) is 18.2 Å². The van der Waals surface area contributed by atoms with Gasteiger partial charge in [-0.3, -0.25) is 14.4 Å². The Labute approximate surface area is 153 Å². The normalized spacial score (nSPS) is 21.5. The standard InChI is InChI=1S/C19H26N4O3/c20-18(25)16-7-4-8-23(13-16)17(24)14-21-9-11-22(12-10-21)19(26)15-5-2-1-3-6-15/h1-3,5-6,16H,4,7-14H2,(H2,20,25)/p+1/t16-/m0/s1. The first kappa shape index (κ1) is 18.4. The van der Waals surface area contributed by atoms with Crippen molar-refractivity contribution in [2.24, 2.45) is 11.7 Å². The number of likely N-dealkylation sites (tertiary alicyclic amines) is 1. The second-order valence-electron chi connectivity index (χ2n) is 7.17. The number of rotatable bonds is 4. The van der Waals surface area contributed by atoms with E-state index in [9.17, 15) is 14.4 Å². The first-order chi connectivity index (χ1) is 12.5. The Morgan fingerprint density at radius 3 is 2.38 bits per heavy atom. The van der Waals surface area contributed by atoms with Gasteiger partial charge in [-0.2, -0.15) is 0 Å². The molecule has 1 atom stereocenters. The maximum Gasteiger partial charge on any atom is 0.277 e. The van der Waals surface area contributed by atoms with Crippen LogP contribution >= 0.6 is 0 Å². The van der Waals surface area contributed by atoms with E-state index in [4.69, 9.17) is 5.73 Å². The largest absolute Gasteiger partial charge is 0.369 e. The van der Waals surface area contributed by atoms with Crippen molar-refractivity contribution >= 4 is 17.7 Å². The number of quaternary nitrogens is 1. The summed E-state index contributed by atoms with van der Waals surface area (Å²) >= 11 is 0. The average molecular weight is 359 g/mol. The summed E-state index contributed by atoms with van der Waals surface area (Å²) in [6.45, 7) is 4.39. The maximum atomic E-state index is 12.5. The van der Waals surface area contributed by atoms with E-state index in [1.807, 2.05) is 35.2 Å². The van der Waals surface area contributed by atoms with Crippen LogP contribution in [0.1, 0.15) is 23.2 Å². The van der Waals surface area contributed by atoms with Crippen LogP contribution in [-0.4, -0.2) is 73.3 Å². The third-order valence-electron chi connectivity index (χ3n) is 5.36. The zero-order valence-electron chi connectivity index (χ0n) is 15.0. The molecule has 0 saturated carbocycles. The van der Waals surface area contributed by atoms with Gasteiger partial charge in [0.2, 0.25) is 5.91 Å². The molecule has 1 aromatic rings. The molecule has 0 aliphatic carbocycles. The van der Waals surface area contributed by atoms with E-state index in [0.29, 0.717) is 38.3 Å². The maximum absolute atomic E-state index is 12.5. The van der Waals surface area contributed by atoms with Crippen molar-refractivity contribution < 1.29 is 19.3 Å². The number of hydrogen-bond acceptors (Lipinski definition) is 3. The number of carbonyl (C=O) groups is 3. The zero-order valence-corrected chi connectivity index (χ0v) is 15.0. The highest BCUT2D eigenvalue weighted by molar-refractivity contribution is 5.94. The fourth-order valence-electron chi connectivity index (χ4n) is 3.73. The van der Waals surface area contributed by atoms with Crippen LogP contribution < -0.4 is 10.6 Å². The van der Waals surface area contributed by atoms with E-state index < -0.39 is 0 Å². The molecular formula is C19H27N4O3+. The van der Waals surface area contributed by atoms with Crippen molar-refractivity contribution in [1.29, 1.82) is 0 Å². The number of benzene rings is 1. The summed E-state index contributed by atoms with van der Waals surface area (Å²) in [6.07, 6.45) is 1.60. The molecule has 2 fully saturated rings. The Morgan fingerprint density at radius 2 is 1.73 bits per heavy atom. The molecule has 2 aliphatic rings. The average Bonchev–Trinajstić information content (AvgIpc) is 2.68. The second-order valence-corrected chi connectivity index (χ2v) is 7.17. The van der Waals surface area contributed by atoms with Gasteiger partial charge in [-0.15, -0.1) is 0 Å². The van der Waals surface area contributed by atoms with Crippen molar-refractivity contribution in [3.63, 3.8) is 0 Å². The van der Waals surface area contributed by atoms with Gasteiger partial charge in [0.15, 0.2) is 6.54 Å². The number of nitrogens with two attached hydrogens (primary N) is 1. The van der Waals surface area contributed by atoms with Crippen molar-refractivity contribution in [3.8, 4) is 0 Å². The van der Waals surface area contributed by atoms with Crippen LogP contribution in [0, 0.1) is 5.92 Å². The summed E-state index contributed by atoms with van der Waals surface area (Å²) in [5.41, 5.74) is 6.09. The Hall–Kier alpha value is -2.41. The van der Waals surface area contributed by atoms with Crippen molar-refractivity contribution in [2.75, 3.05) is 45.8 Å². The first-order valence-electron chi connectivity index (χ1n) is 9.29. The molecule has 3 rings (SSSR count). The molecule has 7 heteroatoms. The van der Waals surface area contributed by atoms with E-state index in [0.717, 1.165) is 25.9 Å². The molecule has 26 heavy (non-hydrogen) atoms. The van der Waals surface area contributed by atoms with Gasteiger partial charge in [0, 0.05) is 18.7 Å². The van der Waals surface area contributed by atoms with Gasteiger partial charge in [0.1, 0.15) is 0 Å². The highest BCUT2D eigenvalue weighted by Crippen LogP contribution is 2.15. The van der Waals surface area contributed by atoms with Crippen LogP contribution in [0.25, 0.3) is 0 Å². The molecular weight excluding hydrogens is 332 g/mol. The smallest absolute Gasteiger partial charge is 0.277 e. The quantitative estimate of drug-likeness (QED) is 0.704. The van der Waals surface area contributed by atoms with Crippen LogP contribution in [0.5, 0.6) is 0 Å². The van der Waals surface area contributed by atoms with E-state index in [-0.39, 0.29) is 23.6 Å². The van der Waals surface area contributed by atoms with Gasteiger partial charge in [-0.25, -0.2) is 0 Å². The van der Waals surface area contributed by atoms with Crippen LogP contribution in [0.15, 0.2) is 30.3 Å². The predicted molar refractivity (Wildman–Crippen MR) is 96.4 cm³/mol. The molecule has 140 valence electrons. The lowest BCUT2D eigenvalue weighted by Gasteiger charge is -2.35. The third-order valence-corrected chi connectivity index (χ3v) is 5.36. The minimum atomic E-state index is -0.317. The highest BCUT2D eigenvalue weighted by Gasteiger charge is 2.31. The monoisotopic (exact) mass is 359 g/mol. The van der Waals surface area contributed by atoms with Crippen LogP contribution in [-0.2, 0) is 9.59 Å². The summed E-state index contributed by atoms with van der Waals surface area (Å²) in [7, 11) is 0. The molecule has 2 saturated heterocycles. The lowest BCUT2D eigenvalue weighted by Crippen LogP contribution is -3.15. The Balaban J connectivity index is 1.47. The number of piperazine rings is 1. The summed E-state index contributed by atoms with van der Waals surface area (Å²) in [6, 6.07) is 9.29. The predicted octanol–water partition coefficient (Wildman–Crippen LogP) is -1.25. The molecule has 2 aliphatic heterocycles. The van der Waals surface area contributed by atoms with Gasteiger partial charge in [0.25, 0.3) is 11.8 Å². The lowest BCUT2D eigenvalue weighted by molar-refractivity contribution is -0.896. The van der Waals surface area contributed by atoms with Crippen molar-refractivity contribution in [1.82, 2.24) is 9.80 Å². The van der Waals surface area contributed by atoms with Gasteiger partial charge in [0.05, 0.1) is 32.1 Å².